The van der Waals surface area contributed by atoms with Crippen LogP contribution in [0.25, 0.3) is 10.2 Å². The van der Waals surface area contributed by atoms with E-state index in [4.69, 9.17) is 4.74 Å². The van der Waals surface area contributed by atoms with Crippen LogP contribution in [-0.4, -0.2) is 31.1 Å². The van der Waals surface area contributed by atoms with Crippen molar-refractivity contribution in [2.24, 2.45) is 5.92 Å². The molecule has 0 bridgehead atoms. The Labute approximate surface area is 148 Å². The van der Waals surface area contributed by atoms with E-state index < -0.39 is 0 Å². The number of nitrogens with one attached hydrogen (secondary N) is 1. The topological polar surface area (TPSA) is 54.5 Å². The SMILES string of the molecule is COc1ccccc1NC(=O)C1CN(c2nc3c(F)cccc3s2)C1. The molecule has 1 aromatic heterocycles. The number of aromatic nitrogens is 1. The summed E-state index contributed by atoms with van der Waals surface area (Å²) in [7, 11) is 1.57. The van der Waals surface area contributed by atoms with Gasteiger partial charge in [0.2, 0.25) is 5.91 Å². The van der Waals surface area contributed by atoms with Crippen molar-refractivity contribution in [3.63, 3.8) is 0 Å². The quantitative estimate of drug-likeness (QED) is 0.776. The van der Waals surface area contributed by atoms with Crippen LogP contribution in [0.2, 0.25) is 0 Å². The van der Waals surface area contributed by atoms with Crippen molar-refractivity contribution < 1.29 is 13.9 Å². The van der Waals surface area contributed by atoms with Gasteiger partial charge in [-0.2, -0.15) is 0 Å². The number of para-hydroxylation sites is 3. The van der Waals surface area contributed by atoms with Crippen molar-refractivity contribution in [3.8, 4) is 5.75 Å². The highest BCUT2D eigenvalue weighted by Crippen LogP contribution is 2.34. The second kappa shape index (κ2) is 6.33. The van der Waals surface area contributed by atoms with Crippen LogP contribution in [-0.2, 0) is 4.79 Å². The summed E-state index contributed by atoms with van der Waals surface area (Å²) in [6, 6.07) is 12.3. The van der Waals surface area contributed by atoms with Gasteiger partial charge >= 0.3 is 0 Å². The average Bonchev–Trinajstić information content (AvgIpc) is 2.99. The molecular formula is C18H16FN3O2S. The largest absolute Gasteiger partial charge is 0.495 e. The van der Waals surface area contributed by atoms with Gasteiger partial charge in [0, 0.05) is 13.1 Å². The Kier molecular flexibility index (Phi) is 4.01. The first-order chi connectivity index (χ1) is 12.2. The minimum absolute atomic E-state index is 0.0481. The van der Waals surface area contributed by atoms with Gasteiger partial charge in [0.1, 0.15) is 17.1 Å². The lowest BCUT2D eigenvalue weighted by Crippen LogP contribution is -2.52. The Bertz CT molecular complexity index is 937. The zero-order valence-corrected chi connectivity index (χ0v) is 14.3. The Morgan fingerprint density at radius 2 is 2.08 bits per heavy atom. The van der Waals surface area contributed by atoms with Crippen LogP contribution in [0.15, 0.2) is 42.5 Å². The lowest BCUT2D eigenvalue weighted by molar-refractivity contribution is -0.120. The highest BCUT2D eigenvalue weighted by atomic mass is 32.1. The Balaban J connectivity index is 1.42. The number of ether oxygens (including phenoxy) is 1. The molecule has 5 nitrogen and oxygen atoms in total. The van der Waals surface area contributed by atoms with Gasteiger partial charge in [-0.25, -0.2) is 9.37 Å². The van der Waals surface area contributed by atoms with E-state index in [9.17, 15) is 9.18 Å². The number of carbonyl (C=O) groups excluding carboxylic acids is 1. The van der Waals surface area contributed by atoms with Gasteiger partial charge in [0.25, 0.3) is 0 Å². The number of amides is 1. The molecule has 128 valence electrons. The van der Waals surface area contributed by atoms with Gasteiger partial charge < -0.3 is 15.0 Å². The highest BCUT2D eigenvalue weighted by Gasteiger charge is 2.34. The molecule has 1 fully saturated rings. The number of carbonyl (C=O) groups is 1. The molecule has 0 spiro atoms. The molecule has 1 aliphatic rings. The van der Waals surface area contributed by atoms with E-state index in [0.29, 0.717) is 30.0 Å². The fraction of sp³-hybridized carbons (Fsp3) is 0.222. The maximum Gasteiger partial charge on any atom is 0.231 e. The predicted molar refractivity (Wildman–Crippen MR) is 96.9 cm³/mol. The van der Waals surface area contributed by atoms with Crippen molar-refractivity contribution >= 4 is 38.3 Å². The smallest absolute Gasteiger partial charge is 0.231 e. The summed E-state index contributed by atoms with van der Waals surface area (Å²) >= 11 is 1.44. The van der Waals surface area contributed by atoms with Crippen LogP contribution in [0.4, 0.5) is 15.2 Å². The Morgan fingerprint density at radius 1 is 1.28 bits per heavy atom. The number of fused-ring (bicyclic) bond motifs is 1. The van der Waals surface area contributed by atoms with Crippen molar-refractivity contribution in [2.45, 2.75) is 0 Å². The predicted octanol–water partition coefficient (Wildman–Crippen LogP) is 3.52. The molecule has 0 unspecified atom stereocenters. The minimum Gasteiger partial charge on any atom is -0.495 e. The lowest BCUT2D eigenvalue weighted by Gasteiger charge is -2.38. The summed E-state index contributed by atoms with van der Waals surface area (Å²) in [5.74, 6) is 0.148. The van der Waals surface area contributed by atoms with Gasteiger partial charge in [0.05, 0.1) is 23.4 Å². The number of thiazole rings is 1. The normalized spacial score (nSPS) is 14.4. The fourth-order valence-corrected chi connectivity index (χ4v) is 3.82. The van der Waals surface area contributed by atoms with E-state index in [1.807, 2.05) is 29.2 Å². The van der Waals surface area contributed by atoms with Crippen LogP contribution in [0, 0.1) is 11.7 Å². The number of anilines is 2. The molecule has 0 atom stereocenters. The van der Waals surface area contributed by atoms with E-state index in [-0.39, 0.29) is 17.6 Å². The zero-order valence-electron chi connectivity index (χ0n) is 13.5. The van der Waals surface area contributed by atoms with Crippen molar-refractivity contribution in [2.75, 3.05) is 30.4 Å². The van der Waals surface area contributed by atoms with E-state index >= 15 is 0 Å². The highest BCUT2D eigenvalue weighted by molar-refractivity contribution is 7.22. The summed E-state index contributed by atoms with van der Waals surface area (Å²) in [5, 5.41) is 3.65. The number of rotatable bonds is 4. The molecule has 0 saturated carbocycles. The van der Waals surface area contributed by atoms with Crippen molar-refractivity contribution in [1.29, 1.82) is 0 Å². The first kappa shape index (κ1) is 15.8. The van der Waals surface area contributed by atoms with Gasteiger partial charge in [-0.05, 0) is 24.3 Å². The third-order valence-corrected chi connectivity index (χ3v) is 5.33. The van der Waals surface area contributed by atoms with E-state index in [0.717, 1.165) is 9.83 Å². The van der Waals surface area contributed by atoms with Crippen LogP contribution in [0.3, 0.4) is 0 Å². The second-order valence-electron chi connectivity index (χ2n) is 5.87. The molecular weight excluding hydrogens is 341 g/mol. The molecule has 0 aliphatic carbocycles. The Hall–Kier alpha value is -2.67. The molecule has 25 heavy (non-hydrogen) atoms. The molecule has 4 rings (SSSR count). The van der Waals surface area contributed by atoms with E-state index in [1.165, 1.54) is 17.4 Å². The minimum atomic E-state index is -0.314. The number of benzene rings is 2. The standard InChI is InChI=1S/C18H16FN3O2S/c1-24-14-7-3-2-6-13(14)20-17(23)11-9-22(10-11)18-21-16-12(19)5-4-8-15(16)25-18/h2-8,11H,9-10H2,1H3,(H,20,23). The first-order valence-electron chi connectivity index (χ1n) is 7.89. The molecule has 1 saturated heterocycles. The van der Waals surface area contributed by atoms with Crippen LogP contribution in [0.5, 0.6) is 5.75 Å². The number of hydrogen-bond acceptors (Lipinski definition) is 5. The van der Waals surface area contributed by atoms with Crippen LogP contribution >= 0.6 is 11.3 Å². The van der Waals surface area contributed by atoms with Crippen LogP contribution < -0.4 is 15.0 Å². The van der Waals surface area contributed by atoms with Crippen LogP contribution in [0.1, 0.15) is 0 Å². The lowest BCUT2D eigenvalue weighted by atomic mass is 10.00. The number of halogens is 1. The maximum atomic E-state index is 13.8. The monoisotopic (exact) mass is 357 g/mol. The van der Waals surface area contributed by atoms with Gasteiger partial charge in [-0.3, -0.25) is 4.79 Å². The third-order valence-electron chi connectivity index (χ3n) is 4.25. The average molecular weight is 357 g/mol. The third kappa shape index (κ3) is 2.91. The summed E-state index contributed by atoms with van der Waals surface area (Å²) in [6.45, 7) is 1.14. The molecule has 3 aromatic rings. The fourth-order valence-electron chi connectivity index (χ4n) is 2.82. The van der Waals surface area contributed by atoms with Crippen molar-refractivity contribution in [3.05, 3.63) is 48.3 Å². The summed E-state index contributed by atoms with van der Waals surface area (Å²) in [6.07, 6.45) is 0. The molecule has 1 amide bonds. The van der Waals surface area contributed by atoms with E-state index in [2.05, 4.69) is 10.3 Å². The zero-order chi connectivity index (χ0) is 17.4. The van der Waals surface area contributed by atoms with Gasteiger partial charge in [-0.15, -0.1) is 0 Å². The number of nitrogens with zero attached hydrogens (tertiary/aromatic N) is 2. The van der Waals surface area contributed by atoms with Crippen molar-refractivity contribution in [1.82, 2.24) is 4.98 Å². The summed E-state index contributed by atoms with van der Waals surface area (Å²) in [5.41, 5.74) is 1.06. The molecule has 2 heterocycles. The molecule has 7 heteroatoms. The molecule has 0 radical (unpaired) electrons. The maximum absolute atomic E-state index is 13.8. The van der Waals surface area contributed by atoms with E-state index in [1.54, 1.807) is 19.2 Å². The first-order valence-corrected chi connectivity index (χ1v) is 8.71. The second-order valence-corrected chi connectivity index (χ2v) is 6.88. The summed E-state index contributed by atoms with van der Waals surface area (Å²) < 4.78 is 19.8. The molecule has 2 aromatic carbocycles. The Morgan fingerprint density at radius 3 is 2.84 bits per heavy atom. The number of methoxy groups -OCH3 is 1. The van der Waals surface area contributed by atoms with Gasteiger partial charge in [0.15, 0.2) is 5.13 Å². The molecule has 1 aliphatic heterocycles. The molecule has 1 N–H and O–H groups in total. The number of hydrogen-bond donors (Lipinski definition) is 1. The summed E-state index contributed by atoms with van der Waals surface area (Å²) in [4.78, 5) is 18.7. The van der Waals surface area contributed by atoms with Gasteiger partial charge in [-0.1, -0.05) is 29.5 Å².